The Balaban J connectivity index is 1.68. The van der Waals surface area contributed by atoms with Crippen LogP contribution in [0.15, 0.2) is 30.5 Å². The first-order valence-electron chi connectivity index (χ1n) is 12.7. The van der Waals surface area contributed by atoms with Gasteiger partial charge in [-0.2, -0.15) is 23.5 Å². The molecule has 2 heterocycles. The van der Waals surface area contributed by atoms with E-state index in [1.807, 2.05) is 43.0 Å². The molecule has 0 spiro atoms. The molecule has 0 bridgehead atoms. The second-order valence-corrected chi connectivity index (χ2v) is 11.4. The number of nitrogens with one attached hydrogen (secondary N) is 3. The van der Waals surface area contributed by atoms with Gasteiger partial charge in [0.05, 0.1) is 6.04 Å². The number of nitrogens with two attached hydrogens (primary N) is 1. The van der Waals surface area contributed by atoms with Crippen molar-refractivity contribution in [2.45, 2.75) is 56.3 Å². The van der Waals surface area contributed by atoms with Gasteiger partial charge in [-0.15, -0.1) is 0 Å². The van der Waals surface area contributed by atoms with Gasteiger partial charge in [0, 0.05) is 23.6 Å². The molecule has 1 aliphatic heterocycles. The number of carboxylic acids is 1. The summed E-state index contributed by atoms with van der Waals surface area (Å²) >= 11 is 3.07. The Morgan fingerprint density at radius 3 is 2.42 bits per heavy atom. The first-order valence-corrected chi connectivity index (χ1v) is 15.5. The molecule has 1 aromatic heterocycles. The molecule has 0 radical (unpaired) electrons. The average Bonchev–Trinajstić information content (AvgIpc) is 3.56. The number of H-pyrrole nitrogens is 1. The molecule has 1 fully saturated rings. The summed E-state index contributed by atoms with van der Waals surface area (Å²) in [5.74, 6) is -1.14. The quantitative estimate of drug-likeness (QED) is 0.232. The molecule has 0 saturated carbocycles. The highest BCUT2D eigenvalue weighted by atomic mass is 32.2. The number of amides is 3. The topological polar surface area (TPSA) is 158 Å². The van der Waals surface area contributed by atoms with Crippen LogP contribution in [0.5, 0.6) is 0 Å². The van der Waals surface area contributed by atoms with Crippen LogP contribution in [0.2, 0.25) is 0 Å². The summed E-state index contributed by atoms with van der Waals surface area (Å²) in [6, 6.07) is 4.26. The molecule has 4 atom stereocenters. The van der Waals surface area contributed by atoms with Crippen LogP contribution in [0, 0.1) is 0 Å². The summed E-state index contributed by atoms with van der Waals surface area (Å²) in [4.78, 5) is 55.8. The number of nitrogens with zero attached hydrogens (tertiary/aromatic N) is 1. The van der Waals surface area contributed by atoms with Gasteiger partial charge >= 0.3 is 5.97 Å². The number of likely N-dealkylation sites (tertiary alicyclic amines) is 1. The summed E-state index contributed by atoms with van der Waals surface area (Å²) in [5.41, 5.74) is 8.10. The van der Waals surface area contributed by atoms with Gasteiger partial charge in [0.2, 0.25) is 17.7 Å². The zero-order valence-electron chi connectivity index (χ0n) is 21.8. The van der Waals surface area contributed by atoms with Crippen molar-refractivity contribution in [1.82, 2.24) is 20.5 Å². The highest BCUT2D eigenvalue weighted by Gasteiger charge is 2.38. The largest absolute Gasteiger partial charge is 0.480 e. The summed E-state index contributed by atoms with van der Waals surface area (Å²) in [5, 5.41) is 16.1. The van der Waals surface area contributed by atoms with E-state index in [1.165, 1.54) is 16.7 Å². The summed E-state index contributed by atoms with van der Waals surface area (Å²) in [6.07, 6.45) is 7.66. The Labute approximate surface area is 231 Å². The number of hydrogen-bond acceptors (Lipinski definition) is 7. The lowest BCUT2D eigenvalue weighted by molar-refractivity contribution is -0.149. The maximum atomic E-state index is 13.3. The molecule has 10 nitrogen and oxygen atoms in total. The molecule has 1 saturated heterocycles. The zero-order chi connectivity index (χ0) is 27.7. The number of benzene rings is 1. The van der Waals surface area contributed by atoms with Gasteiger partial charge in [-0.3, -0.25) is 14.4 Å². The number of thioether (sulfide) groups is 2. The normalized spacial score (nSPS) is 17.7. The van der Waals surface area contributed by atoms with Crippen LogP contribution in [0.1, 0.15) is 31.2 Å². The van der Waals surface area contributed by atoms with Crippen LogP contribution < -0.4 is 16.4 Å². The predicted octanol–water partition coefficient (Wildman–Crippen LogP) is 1.59. The van der Waals surface area contributed by atoms with E-state index in [2.05, 4.69) is 15.6 Å². The van der Waals surface area contributed by atoms with Crippen molar-refractivity contribution in [3.63, 3.8) is 0 Å². The second-order valence-electron chi connectivity index (χ2n) is 9.38. The van der Waals surface area contributed by atoms with Crippen molar-refractivity contribution in [1.29, 1.82) is 0 Å². The van der Waals surface area contributed by atoms with E-state index in [4.69, 9.17) is 5.73 Å². The number of rotatable bonds is 14. The number of carbonyl (C=O) groups is 4. The molecule has 2 aromatic rings. The van der Waals surface area contributed by atoms with E-state index in [0.29, 0.717) is 50.2 Å². The Kier molecular flexibility index (Phi) is 11.4. The van der Waals surface area contributed by atoms with Crippen LogP contribution in [0.3, 0.4) is 0 Å². The first-order chi connectivity index (χ1) is 18.3. The predicted molar refractivity (Wildman–Crippen MR) is 152 cm³/mol. The SMILES string of the molecule is CSCCC(NC(=O)C(N)Cc1c[nH]c2ccccc12)C(=O)NC(CCSC)C(=O)N1CCCC1C(=O)O. The van der Waals surface area contributed by atoms with E-state index in [9.17, 15) is 24.3 Å². The van der Waals surface area contributed by atoms with Gasteiger partial charge in [-0.1, -0.05) is 18.2 Å². The third-order valence-corrected chi connectivity index (χ3v) is 8.03. The molecule has 3 amide bonds. The van der Waals surface area contributed by atoms with Gasteiger partial charge in [0.25, 0.3) is 0 Å². The smallest absolute Gasteiger partial charge is 0.326 e. The van der Waals surface area contributed by atoms with Crippen LogP contribution in [-0.2, 0) is 25.6 Å². The van der Waals surface area contributed by atoms with Crippen molar-refractivity contribution in [2.24, 2.45) is 5.73 Å². The second kappa shape index (κ2) is 14.5. The minimum Gasteiger partial charge on any atom is -0.480 e. The van der Waals surface area contributed by atoms with Crippen molar-refractivity contribution in [2.75, 3.05) is 30.6 Å². The standard InChI is InChI=1S/C26H37N5O5S2/c1-37-12-9-20(29-23(32)18(27)14-16-15-28-19-7-4-3-6-17(16)19)24(33)30-21(10-13-38-2)25(34)31-11-5-8-22(31)26(35)36/h3-4,6-7,15,18,20-22,28H,5,8-14,27H2,1-2H3,(H,29,32)(H,30,33)(H,35,36). The molecular formula is C26H37N5O5S2. The summed E-state index contributed by atoms with van der Waals surface area (Å²) in [7, 11) is 0. The Morgan fingerprint density at radius 1 is 1.08 bits per heavy atom. The number of aromatic nitrogens is 1. The van der Waals surface area contributed by atoms with Gasteiger partial charge in [-0.25, -0.2) is 4.79 Å². The number of hydrogen-bond donors (Lipinski definition) is 5. The molecule has 38 heavy (non-hydrogen) atoms. The molecule has 1 aliphatic rings. The van der Waals surface area contributed by atoms with E-state index in [1.54, 1.807) is 11.8 Å². The highest BCUT2D eigenvalue weighted by Crippen LogP contribution is 2.21. The van der Waals surface area contributed by atoms with Gasteiger partial charge < -0.3 is 31.4 Å². The number of para-hydroxylation sites is 1. The van der Waals surface area contributed by atoms with E-state index >= 15 is 0 Å². The third kappa shape index (κ3) is 7.67. The third-order valence-electron chi connectivity index (χ3n) is 6.74. The fraction of sp³-hybridized carbons (Fsp3) is 0.538. The van der Waals surface area contributed by atoms with E-state index < -0.39 is 47.9 Å². The number of aromatic amines is 1. The number of carboxylic acid groups (broad SMARTS) is 1. The van der Waals surface area contributed by atoms with E-state index in [0.717, 1.165) is 16.5 Å². The van der Waals surface area contributed by atoms with Crippen LogP contribution >= 0.6 is 23.5 Å². The first kappa shape index (κ1) is 29.9. The maximum Gasteiger partial charge on any atom is 0.326 e. The van der Waals surface area contributed by atoms with Crippen LogP contribution in [0.4, 0.5) is 0 Å². The zero-order valence-corrected chi connectivity index (χ0v) is 23.4. The van der Waals surface area contributed by atoms with Crippen LogP contribution in [0.25, 0.3) is 10.9 Å². The molecule has 6 N–H and O–H groups in total. The van der Waals surface area contributed by atoms with Gasteiger partial charge in [0.15, 0.2) is 0 Å². The lowest BCUT2D eigenvalue weighted by atomic mass is 10.0. The number of fused-ring (bicyclic) bond motifs is 1. The highest BCUT2D eigenvalue weighted by molar-refractivity contribution is 7.98. The van der Waals surface area contributed by atoms with Gasteiger partial charge in [0.1, 0.15) is 18.1 Å². The van der Waals surface area contributed by atoms with Crippen molar-refractivity contribution in [3.05, 3.63) is 36.0 Å². The van der Waals surface area contributed by atoms with Crippen molar-refractivity contribution in [3.8, 4) is 0 Å². The molecule has 4 unspecified atom stereocenters. The molecule has 12 heteroatoms. The fourth-order valence-corrected chi connectivity index (χ4v) is 5.61. The fourth-order valence-electron chi connectivity index (χ4n) is 4.67. The number of aliphatic carboxylic acids is 1. The van der Waals surface area contributed by atoms with Crippen molar-refractivity contribution >= 4 is 58.1 Å². The number of carbonyl (C=O) groups excluding carboxylic acids is 3. The minimum absolute atomic E-state index is 0.299. The average molecular weight is 564 g/mol. The molecule has 0 aliphatic carbocycles. The summed E-state index contributed by atoms with van der Waals surface area (Å²) < 4.78 is 0. The molecular weight excluding hydrogens is 526 g/mol. The molecule has 1 aromatic carbocycles. The minimum atomic E-state index is -1.04. The lowest BCUT2D eigenvalue weighted by Gasteiger charge is -2.29. The monoisotopic (exact) mass is 563 g/mol. The maximum absolute atomic E-state index is 13.3. The summed E-state index contributed by atoms with van der Waals surface area (Å²) in [6.45, 7) is 0.344. The van der Waals surface area contributed by atoms with Crippen LogP contribution in [-0.4, -0.2) is 93.4 Å². The van der Waals surface area contributed by atoms with Crippen molar-refractivity contribution < 1.29 is 24.3 Å². The lowest BCUT2D eigenvalue weighted by Crippen LogP contribution is -2.57. The van der Waals surface area contributed by atoms with E-state index in [-0.39, 0.29) is 0 Å². The molecule has 3 rings (SSSR count). The Hall–Kier alpha value is -2.70. The Bertz CT molecular complexity index is 1130. The Morgan fingerprint density at radius 2 is 1.74 bits per heavy atom. The molecule has 208 valence electrons. The van der Waals surface area contributed by atoms with Gasteiger partial charge in [-0.05, 0) is 67.8 Å².